The zero-order valence-corrected chi connectivity index (χ0v) is 6.62. The van der Waals surface area contributed by atoms with Crippen molar-refractivity contribution in [3.05, 3.63) is 30.7 Å². The summed E-state index contributed by atoms with van der Waals surface area (Å²) in [7, 11) is 0. The molecule has 3 heteroatoms. The lowest BCUT2D eigenvalue weighted by Crippen LogP contribution is -1.79. The van der Waals surface area contributed by atoms with Crippen LogP contribution in [0.25, 0.3) is 10.9 Å². The van der Waals surface area contributed by atoms with Gasteiger partial charge in [-0.1, -0.05) is 0 Å². The van der Waals surface area contributed by atoms with Crippen LogP contribution in [-0.2, 0) is 0 Å². The predicted octanol–water partition coefficient (Wildman–Crippen LogP) is 1.92. The third kappa shape index (κ3) is 1.19. The molecule has 0 unspecified atom stereocenters. The first-order valence-electron chi connectivity index (χ1n) is 3.25. The summed E-state index contributed by atoms with van der Waals surface area (Å²) in [6, 6.07) is 3.82. The molecule has 2 aromatic rings. The summed E-state index contributed by atoms with van der Waals surface area (Å²) in [6.45, 7) is 0. The molecule has 11 heavy (non-hydrogen) atoms. The number of fused-ring (bicyclic) bond motifs is 1. The van der Waals surface area contributed by atoms with E-state index in [4.69, 9.17) is 0 Å². The maximum Gasteiger partial charge on any atom is 0.0733 e. The molecule has 0 aliphatic rings. The van der Waals surface area contributed by atoms with E-state index < -0.39 is 0 Å². The Hall–Kier alpha value is -1.09. The second-order valence-corrected chi connectivity index (χ2v) is 2.78. The summed E-state index contributed by atoms with van der Waals surface area (Å²) in [5.74, 6) is 0. The van der Waals surface area contributed by atoms with Crippen LogP contribution >= 0.6 is 12.6 Å². The topological polar surface area (TPSA) is 25.8 Å². The van der Waals surface area contributed by atoms with Gasteiger partial charge in [-0.05, 0) is 12.1 Å². The molecule has 54 valence electrons. The van der Waals surface area contributed by atoms with Crippen LogP contribution in [0.4, 0.5) is 0 Å². The van der Waals surface area contributed by atoms with Crippen LogP contribution in [0.5, 0.6) is 0 Å². The Balaban J connectivity index is 2.83. The lowest BCUT2D eigenvalue weighted by Gasteiger charge is -1.94. The van der Waals surface area contributed by atoms with Gasteiger partial charge in [-0.3, -0.25) is 9.97 Å². The normalized spacial score (nSPS) is 10.3. The second kappa shape index (κ2) is 2.51. The highest BCUT2D eigenvalue weighted by Gasteiger charge is 1.92. The molecule has 2 aromatic heterocycles. The first-order valence-corrected chi connectivity index (χ1v) is 3.70. The summed E-state index contributed by atoms with van der Waals surface area (Å²) >= 11 is 4.17. The van der Waals surface area contributed by atoms with Crippen LogP contribution in [-0.4, -0.2) is 9.97 Å². The molecule has 0 N–H and O–H groups in total. The van der Waals surface area contributed by atoms with Gasteiger partial charge in [0.2, 0.25) is 0 Å². The number of aromatic nitrogens is 2. The van der Waals surface area contributed by atoms with E-state index in [-0.39, 0.29) is 0 Å². The molecule has 0 bridgehead atoms. The summed E-state index contributed by atoms with van der Waals surface area (Å²) < 4.78 is 0. The van der Waals surface area contributed by atoms with Crippen molar-refractivity contribution >= 4 is 23.5 Å². The lowest BCUT2D eigenvalue weighted by molar-refractivity contribution is 1.28. The minimum atomic E-state index is 0.866. The predicted molar refractivity (Wildman–Crippen MR) is 46.8 cm³/mol. The van der Waals surface area contributed by atoms with E-state index in [1.807, 2.05) is 12.1 Å². The Morgan fingerprint density at radius 2 is 2.18 bits per heavy atom. The molecule has 0 aromatic carbocycles. The Kier molecular flexibility index (Phi) is 1.51. The van der Waals surface area contributed by atoms with E-state index in [0.717, 1.165) is 15.8 Å². The molecule has 0 atom stereocenters. The Bertz CT molecular complexity index is 387. The van der Waals surface area contributed by atoms with Crippen LogP contribution in [0.15, 0.2) is 35.6 Å². The van der Waals surface area contributed by atoms with Gasteiger partial charge in [-0.25, -0.2) is 0 Å². The van der Waals surface area contributed by atoms with Crippen molar-refractivity contribution in [3.63, 3.8) is 0 Å². The van der Waals surface area contributed by atoms with E-state index >= 15 is 0 Å². The van der Waals surface area contributed by atoms with Gasteiger partial charge < -0.3 is 0 Å². The average Bonchev–Trinajstić information content (AvgIpc) is 2.04. The minimum absolute atomic E-state index is 0.866. The first-order chi connectivity index (χ1) is 5.36. The van der Waals surface area contributed by atoms with Crippen LogP contribution in [0.1, 0.15) is 0 Å². The highest BCUT2D eigenvalue weighted by atomic mass is 32.1. The monoisotopic (exact) mass is 162 g/mol. The first kappa shape index (κ1) is 6.61. The molecule has 0 aliphatic heterocycles. The van der Waals surface area contributed by atoms with Crippen molar-refractivity contribution in [1.29, 1.82) is 0 Å². The Labute approximate surface area is 69.7 Å². The minimum Gasteiger partial charge on any atom is -0.264 e. The molecule has 2 heterocycles. The molecule has 0 saturated carbocycles. The number of rotatable bonds is 0. The Morgan fingerprint density at radius 3 is 3.09 bits per heavy atom. The van der Waals surface area contributed by atoms with Gasteiger partial charge in [0.05, 0.1) is 5.52 Å². The third-order valence-corrected chi connectivity index (χ3v) is 1.71. The highest BCUT2D eigenvalue weighted by molar-refractivity contribution is 7.80. The molecule has 0 amide bonds. The van der Waals surface area contributed by atoms with E-state index in [2.05, 4.69) is 22.6 Å². The number of hydrogen-bond donors (Lipinski definition) is 1. The molecule has 0 fully saturated rings. The third-order valence-electron chi connectivity index (χ3n) is 1.47. The molecular weight excluding hydrogens is 156 g/mol. The van der Waals surface area contributed by atoms with E-state index in [1.54, 1.807) is 18.6 Å². The maximum atomic E-state index is 4.17. The smallest absolute Gasteiger partial charge is 0.0733 e. The molecule has 0 aliphatic carbocycles. The van der Waals surface area contributed by atoms with Crippen molar-refractivity contribution < 1.29 is 0 Å². The summed E-state index contributed by atoms with van der Waals surface area (Å²) in [5, 5.41) is 1.03. The van der Waals surface area contributed by atoms with Gasteiger partial charge in [0.1, 0.15) is 0 Å². The van der Waals surface area contributed by atoms with E-state index in [1.165, 1.54) is 0 Å². The highest BCUT2D eigenvalue weighted by Crippen LogP contribution is 2.12. The van der Waals surface area contributed by atoms with Gasteiger partial charge in [0.15, 0.2) is 0 Å². The quantitative estimate of drug-likeness (QED) is 0.599. The van der Waals surface area contributed by atoms with Gasteiger partial charge >= 0.3 is 0 Å². The standard InChI is InChI=1S/C8H6N2S/c11-7-3-6-4-9-2-1-8(6)10-5-7/h1-5,11H. The van der Waals surface area contributed by atoms with Crippen molar-refractivity contribution in [1.82, 2.24) is 9.97 Å². The summed E-state index contributed by atoms with van der Waals surface area (Å²) in [6.07, 6.45) is 5.24. The number of nitrogens with zero attached hydrogens (tertiary/aromatic N) is 2. The fraction of sp³-hybridized carbons (Fsp3) is 0. The van der Waals surface area contributed by atoms with Crippen molar-refractivity contribution in [2.75, 3.05) is 0 Å². The zero-order valence-electron chi connectivity index (χ0n) is 5.73. The molecule has 2 nitrogen and oxygen atoms in total. The van der Waals surface area contributed by atoms with Crippen molar-refractivity contribution in [3.8, 4) is 0 Å². The Morgan fingerprint density at radius 1 is 1.27 bits per heavy atom. The molecule has 0 spiro atoms. The summed E-state index contributed by atoms with van der Waals surface area (Å²) in [4.78, 5) is 9.01. The lowest BCUT2D eigenvalue weighted by atomic mass is 10.3. The maximum absolute atomic E-state index is 4.17. The van der Waals surface area contributed by atoms with E-state index in [9.17, 15) is 0 Å². The second-order valence-electron chi connectivity index (χ2n) is 2.26. The van der Waals surface area contributed by atoms with Crippen LogP contribution in [0.2, 0.25) is 0 Å². The SMILES string of the molecule is Sc1cnc2ccncc2c1. The number of pyridine rings is 2. The zero-order chi connectivity index (χ0) is 7.68. The van der Waals surface area contributed by atoms with Crippen LogP contribution < -0.4 is 0 Å². The van der Waals surface area contributed by atoms with Crippen molar-refractivity contribution in [2.45, 2.75) is 4.90 Å². The fourth-order valence-electron chi connectivity index (χ4n) is 0.960. The van der Waals surface area contributed by atoms with Crippen LogP contribution in [0.3, 0.4) is 0 Å². The van der Waals surface area contributed by atoms with Crippen LogP contribution in [0, 0.1) is 0 Å². The van der Waals surface area contributed by atoms with Crippen molar-refractivity contribution in [2.24, 2.45) is 0 Å². The fourth-order valence-corrected chi connectivity index (χ4v) is 1.16. The van der Waals surface area contributed by atoms with Gasteiger partial charge in [0.25, 0.3) is 0 Å². The average molecular weight is 162 g/mol. The largest absolute Gasteiger partial charge is 0.264 e. The molecule has 2 rings (SSSR count). The molecular formula is C8H6N2S. The molecule has 0 saturated heterocycles. The van der Waals surface area contributed by atoms with E-state index in [0.29, 0.717) is 0 Å². The van der Waals surface area contributed by atoms with Gasteiger partial charge in [0, 0.05) is 28.9 Å². The number of hydrogen-bond acceptors (Lipinski definition) is 3. The molecule has 0 radical (unpaired) electrons. The van der Waals surface area contributed by atoms with Gasteiger partial charge in [-0.15, -0.1) is 12.6 Å². The number of thiol groups is 1. The summed E-state index contributed by atoms with van der Waals surface area (Å²) in [5.41, 5.74) is 0.956. The van der Waals surface area contributed by atoms with Gasteiger partial charge in [-0.2, -0.15) is 0 Å².